The molecule has 3 rings (SSSR count). The van der Waals surface area contributed by atoms with E-state index in [4.69, 9.17) is 15.9 Å². The van der Waals surface area contributed by atoms with E-state index in [9.17, 15) is 14.7 Å². The van der Waals surface area contributed by atoms with Crippen molar-refractivity contribution in [3.63, 3.8) is 0 Å². The lowest BCUT2D eigenvalue weighted by Gasteiger charge is -2.24. The lowest BCUT2D eigenvalue weighted by atomic mass is 10.2. The lowest BCUT2D eigenvalue weighted by molar-refractivity contribution is 0.0238. The van der Waals surface area contributed by atoms with Crippen LogP contribution < -0.4 is 5.56 Å². The predicted molar refractivity (Wildman–Crippen MR) is 127 cm³/mol. The van der Waals surface area contributed by atoms with Crippen LogP contribution >= 0.6 is 11.3 Å². The number of carbonyl (C=O) groups is 1. The van der Waals surface area contributed by atoms with E-state index in [1.807, 2.05) is 35.2 Å². The molecule has 1 atom stereocenters. The number of aromatic amines is 1. The molecule has 33 heavy (non-hydrogen) atoms. The maximum atomic E-state index is 12.8. The highest BCUT2D eigenvalue weighted by molar-refractivity contribution is 7.20. The number of esters is 1. The third kappa shape index (κ3) is 6.49. The number of carbonyl (C=O) groups excluding carboxylic acids is 1. The first-order chi connectivity index (χ1) is 15.9. The quantitative estimate of drug-likeness (QED) is 0.253. The molecule has 0 saturated heterocycles. The molecule has 174 valence electrons. The summed E-state index contributed by atoms with van der Waals surface area (Å²) in [5.74, 6) is 2.36. The van der Waals surface area contributed by atoms with E-state index in [2.05, 4.69) is 15.9 Å². The van der Waals surface area contributed by atoms with Crippen molar-refractivity contribution >= 4 is 27.5 Å². The summed E-state index contributed by atoms with van der Waals surface area (Å²) in [4.78, 5) is 35.3. The van der Waals surface area contributed by atoms with Crippen LogP contribution in [0.25, 0.3) is 10.2 Å². The molecule has 0 aliphatic rings. The van der Waals surface area contributed by atoms with Crippen molar-refractivity contribution in [3.05, 3.63) is 62.5 Å². The average Bonchev–Trinajstić information content (AvgIpc) is 3.11. The summed E-state index contributed by atoms with van der Waals surface area (Å²) in [5.41, 5.74) is 1.31. The van der Waals surface area contributed by atoms with Gasteiger partial charge in [-0.2, -0.15) is 0 Å². The van der Waals surface area contributed by atoms with Crippen molar-refractivity contribution in [2.45, 2.75) is 33.0 Å². The fraction of sp³-hybridized carbons (Fsp3) is 0.375. The molecule has 2 N–H and O–H groups in total. The van der Waals surface area contributed by atoms with Crippen LogP contribution in [-0.4, -0.2) is 58.4 Å². The Kier molecular flexibility index (Phi) is 8.74. The van der Waals surface area contributed by atoms with Gasteiger partial charge < -0.3 is 19.6 Å². The maximum absolute atomic E-state index is 12.8. The van der Waals surface area contributed by atoms with Crippen LogP contribution in [0.5, 0.6) is 0 Å². The number of nitrogens with one attached hydrogen (secondary N) is 1. The molecule has 0 radical (unpaired) electrons. The number of H-pyrrole nitrogens is 1. The molecule has 2 heterocycles. The normalized spacial score (nSPS) is 12.1. The van der Waals surface area contributed by atoms with Gasteiger partial charge in [0.15, 0.2) is 0 Å². The molecule has 0 saturated carbocycles. The lowest BCUT2D eigenvalue weighted by Crippen LogP contribution is -2.35. The topological polar surface area (TPSA) is 105 Å². The highest BCUT2D eigenvalue weighted by Crippen LogP contribution is 2.27. The molecule has 0 aliphatic heterocycles. The van der Waals surface area contributed by atoms with Crippen molar-refractivity contribution < 1.29 is 19.4 Å². The summed E-state index contributed by atoms with van der Waals surface area (Å²) in [6.45, 7) is 5.05. The minimum absolute atomic E-state index is 0.103. The molecule has 0 bridgehead atoms. The van der Waals surface area contributed by atoms with Crippen LogP contribution in [0.15, 0.2) is 35.1 Å². The molecule has 2 aromatic heterocycles. The second-order valence-electron chi connectivity index (χ2n) is 7.50. The number of aliphatic hydroxyl groups excluding tert-OH is 1. The van der Waals surface area contributed by atoms with Crippen LogP contribution in [0.3, 0.4) is 0 Å². The second kappa shape index (κ2) is 11.7. The number of ether oxygens (including phenoxy) is 2. The van der Waals surface area contributed by atoms with Crippen LogP contribution in [0, 0.1) is 19.3 Å². The Hall–Kier alpha value is -3.03. The van der Waals surface area contributed by atoms with Gasteiger partial charge >= 0.3 is 5.97 Å². The van der Waals surface area contributed by atoms with E-state index in [1.165, 1.54) is 0 Å². The number of hydrogen-bond donors (Lipinski definition) is 2. The Morgan fingerprint density at radius 3 is 2.79 bits per heavy atom. The Balaban J connectivity index is 1.85. The van der Waals surface area contributed by atoms with Gasteiger partial charge in [-0.3, -0.25) is 9.69 Å². The van der Waals surface area contributed by atoms with Gasteiger partial charge in [0, 0.05) is 13.1 Å². The van der Waals surface area contributed by atoms with E-state index in [1.54, 1.807) is 13.8 Å². The number of benzene rings is 1. The summed E-state index contributed by atoms with van der Waals surface area (Å²) in [7, 11) is 0. The van der Waals surface area contributed by atoms with Crippen molar-refractivity contribution in [2.75, 3.05) is 26.4 Å². The molecule has 0 aliphatic carbocycles. The highest BCUT2D eigenvalue weighted by Gasteiger charge is 2.21. The van der Waals surface area contributed by atoms with Crippen LogP contribution in [0.2, 0.25) is 0 Å². The SMILES string of the molecule is C#CCOCC(O)CN(Cc1ccccc1)Cc1nc2sc(C(=O)OCC)c(C)c2c(=O)[nH]1. The van der Waals surface area contributed by atoms with E-state index in [0.29, 0.717) is 39.6 Å². The molecule has 0 fully saturated rings. The second-order valence-corrected chi connectivity index (χ2v) is 8.50. The van der Waals surface area contributed by atoms with Crippen molar-refractivity contribution in [3.8, 4) is 12.3 Å². The first-order valence-electron chi connectivity index (χ1n) is 10.6. The van der Waals surface area contributed by atoms with Crippen molar-refractivity contribution in [1.82, 2.24) is 14.9 Å². The minimum Gasteiger partial charge on any atom is -0.462 e. The molecule has 0 amide bonds. The fourth-order valence-electron chi connectivity index (χ4n) is 3.50. The number of terminal acetylenes is 1. The number of aliphatic hydroxyl groups is 1. The molecular formula is C24H27N3O5S. The molecule has 1 unspecified atom stereocenters. The summed E-state index contributed by atoms with van der Waals surface area (Å²) < 4.78 is 10.3. The Bertz CT molecular complexity index is 1180. The largest absolute Gasteiger partial charge is 0.462 e. The third-order valence-corrected chi connectivity index (χ3v) is 6.06. The summed E-state index contributed by atoms with van der Waals surface area (Å²) >= 11 is 1.15. The monoisotopic (exact) mass is 469 g/mol. The zero-order valence-electron chi connectivity index (χ0n) is 18.7. The number of rotatable bonds is 11. The van der Waals surface area contributed by atoms with Gasteiger partial charge in [-0.25, -0.2) is 9.78 Å². The summed E-state index contributed by atoms with van der Waals surface area (Å²) in [6, 6.07) is 9.79. The van der Waals surface area contributed by atoms with E-state index >= 15 is 0 Å². The van der Waals surface area contributed by atoms with Gasteiger partial charge in [-0.15, -0.1) is 17.8 Å². The number of nitrogens with zero attached hydrogens (tertiary/aromatic N) is 2. The zero-order chi connectivity index (χ0) is 23.8. The first kappa shape index (κ1) is 24.6. The van der Waals surface area contributed by atoms with E-state index < -0.39 is 12.1 Å². The standard InChI is InChI=1S/C24H27N3O5S/c1-4-11-31-15-18(28)13-27(12-17-9-7-6-8-10-17)14-19-25-22(29)20-16(3)21(24(30)32-5-2)33-23(20)26-19/h1,6-10,18,28H,5,11-15H2,2-3H3,(H,25,26,29). The number of aryl methyl sites for hydroxylation is 1. The Morgan fingerprint density at radius 2 is 2.09 bits per heavy atom. The fourth-order valence-corrected chi connectivity index (χ4v) is 4.59. The number of thiophene rings is 1. The Morgan fingerprint density at radius 1 is 1.33 bits per heavy atom. The summed E-state index contributed by atoms with van der Waals surface area (Å²) in [5, 5.41) is 10.8. The Labute approximate surface area is 196 Å². The molecule has 3 aromatic rings. The predicted octanol–water partition coefficient (Wildman–Crippen LogP) is 2.48. The van der Waals surface area contributed by atoms with Gasteiger partial charge in [0.1, 0.15) is 22.1 Å². The number of fused-ring (bicyclic) bond motifs is 1. The van der Waals surface area contributed by atoms with Gasteiger partial charge in [0.25, 0.3) is 5.56 Å². The van der Waals surface area contributed by atoms with Gasteiger partial charge in [0.2, 0.25) is 0 Å². The van der Waals surface area contributed by atoms with Crippen LogP contribution in [0.4, 0.5) is 0 Å². The average molecular weight is 470 g/mol. The van der Waals surface area contributed by atoms with Gasteiger partial charge in [0.05, 0.1) is 31.2 Å². The van der Waals surface area contributed by atoms with Crippen LogP contribution in [-0.2, 0) is 22.6 Å². The number of hydrogen-bond acceptors (Lipinski definition) is 8. The van der Waals surface area contributed by atoms with Gasteiger partial charge in [-0.1, -0.05) is 36.3 Å². The molecule has 9 heteroatoms. The molecule has 0 spiro atoms. The van der Waals surface area contributed by atoms with E-state index in [0.717, 1.165) is 16.9 Å². The van der Waals surface area contributed by atoms with E-state index in [-0.39, 0.29) is 31.9 Å². The summed E-state index contributed by atoms with van der Waals surface area (Å²) in [6.07, 6.45) is 4.42. The minimum atomic E-state index is -0.767. The van der Waals surface area contributed by atoms with Crippen LogP contribution in [0.1, 0.15) is 33.5 Å². The smallest absolute Gasteiger partial charge is 0.348 e. The first-order valence-corrected chi connectivity index (χ1v) is 11.4. The van der Waals surface area contributed by atoms with Crippen molar-refractivity contribution in [2.24, 2.45) is 0 Å². The third-order valence-electron chi connectivity index (χ3n) is 4.90. The molecule has 1 aromatic carbocycles. The highest BCUT2D eigenvalue weighted by atomic mass is 32.1. The maximum Gasteiger partial charge on any atom is 0.348 e. The molecule has 8 nitrogen and oxygen atoms in total. The van der Waals surface area contributed by atoms with Gasteiger partial charge in [-0.05, 0) is 25.0 Å². The number of aromatic nitrogens is 2. The zero-order valence-corrected chi connectivity index (χ0v) is 19.5. The molecular weight excluding hydrogens is 442 g/mol. The van der Waals surface area contributed by atoms with Crippen molar-refractivity contribution in [1.29, 1.82) is 0 Å².